The summed E-state index contributed by atoms with van der Waals surface area (Å²) in [5, 5.41) is -0.531. The SMILES string of the molecule is CCOc1ccccc1-n1c(=S)[nH]c(=O)c2c(C(F)(F)F)cc(C3CC3)nc21. The van der Waals surface area contributed by atoms with Gasteiger partial charge in [0.05, 0.1) is 23.2 Å². The van der Waals surface area contributed by atoms with Gasteiger partial charge < -0.3 is 4.74 Å². The average Bonchev–Trinajstić information content (AvgIpc) is 3.46. The molecule has 2 aromatic heterocycles. The second kappa shape index (κ2) is 6.73. The Balaban J connectivity index is 2.15. The lowest BCUT2D eigenvalue weighted by Crippen LogP contribution is -2.20. The van der Waals surface area contributed by atoms with Crippen LogP contribution in [0.5, 0.6) is 5.75 Å². The normalized spacial score (nSPS) is 14.4. The van der Waals surface area contributed by atoms with E-state index in [2.05, 4.69) is 9.97 Å². The van der Waals surface area contributed by atoms with Crippen LogP contribution in [0.25, 0.3) is 16.7 Å². The summed E-state index contributed by atoms with van der Waals surface area (Å²) in [4.78, 5) is 19.2. The Morgan fingerprint density at radius 3 is 2.68 bits per heavy atom. The van der Waals surface area contributed by atoms with E-state index in [1.54, 1.807) is 31.2 Å². The van der Waals surface area contributed by atoms with E-state index in [0.717, 1.165) is 18.9 Å². The molecule has 9 heteroatoms. The number of alkyl halides is 3. The molecule has 146 valence electrons. The molecule has 3 aromatic rings. The van der Waals surface area contributed by atoms with Gasteiger partial charge >= 0.3 is 6.18 Å². The monoisotopic (exact) mass is 407 g/mol. The van der Waals surface area contributed by atoms with Crippen LogP contribution in [0.3, 0.4) is 0 Å². The van der Waals surface area contributed by atoms with Gasteiger partial charge in [-0.25, -0.2) is 4.98 Å². The summed E-state index contributed by atoms with van der Waals surface area (Å²) in [6, 6.07) is 7.80. The maximum atomic E-state index is 13.8. The third kappa shape index (κ3) is 3.19. The molecule has 2 heterocycles. The fourth-order valence-corrected chi connectivity index (χ4v) is 3.48. The Kier molecular flexibility index (Phi) is 4.49. The quantitative estimate of drug-likeness (QED) is 0.635. The van der Waals surface area contributed by atoms with Crippen LogP contribution in [0.4, 0.5) is 13.2 Å². The average molecular weight is 407 g/mol. The number of H-pyrrole nitrogens is 1. The molecule has 1 aromatic carbocycles. The lowest BCUT2D eigenvalue weighted by Gasteiger charge is -2.17. The van der Waals surface area contributed by atoms with Crippen LogP contribution >= 0.6 is 12.2 Å². The number of para-hydroxylation sites is 2. The predicted molar refractivity (Wildman–Crippen MR) is 101 cm³/mol. The van der Waals surface area contributed by atoms with Gasteiger partial charge in [0, 0.05) is 11.6 Å². The van der Waals surface area contributed by atoms with E-state index >= 15 is 0 Å². The molecule has 0 atom stereocenters. The fraction of sp³-hybridized carbons (Fsp3) is 0.316. The second-order valence-electron chi connectivity index (χ2n) is 6.56. The zero-order chi connectivity index (χ0) is 20.1. The van der Waals surface area contributed by atoms with Gasteiger partial charge in [-0.2, -0.15) is 13.2 Å². The highest BCUT2D eigenvalue weighted by atomic mass is 32.1. The number of aromatic nitrogens is 3. The number of nitrogens with one attached hydrogen (secondary N) is 1. The van der Waals surface area contributed by atoms with Crippen molar-refractivity contribution in [3.8, 4) is 11.4 Å². The molecule has 0 saturated heterocycles. The van der Waals surface area contributed by atoms with Crippen molar-refractivity contribution in [1.29, 1.82) is 0 Å². The Labute approximate surface area is 162 Å². The minimum atomic E-state index is -4.70. The van der Waals surface area contributed by atoms with E-state index in [0.29, 0.717) is 23.7 Å². The zero-order valence-electron chi connectivity index (χ0n) is 14.8. The Bertz CT molecular complexity index is 1180. The lowest BCUT2D eigenvalue weighted by molar-refractivity contribution is -0.136. The van der Waals surface area contributed by atoms with Crippen molar-refractivity contribution in [2.24, 2.45) is 0 Å². The van der Waals surface area contributed by atoms with Crippen LogP contribution in [0.15, 0.2) is 35.1 Å². The van der Waals surface area contributed by atoms with Crippen LogP contribution in [0, 0.1) is 4.77 Å². The van der Waals surface area contributed by atoms with Gasteiger partial charge in [-0.15, -0.1) is 0 Å². The molecular weight excluding hydrogens is 391 g/mol. The van der Waals surface area contributed by atoms with Crippen molar-refractivity contribution < 1.29 is 17.9 Å². The number of hydrogen-bond acceptors (Lipinski definition) is 4. The molecule has 4 rings (SSSR count). The number of halogens is 3. The minimum Gasteiger partial charge on any atom is -0.492 e. The number of aromatic amines is 1. The first-order valence-corrected chi connectivity index (χ1v) is 9.21. The van der Waals surface area contributed by atoms with Crippen molar-refractivity contribution in [3.05, 3.63) is 56.7 Å². The van der Waals surface area contributed by atoms with Crippen LogP contribution in [-0.4, -0.2) is 21.1 Å². The van der Waals surface area contributed by atoms with E-state index < -0.39 is 22.7 Å². The molecule has 1 saturated carbocycles. The Hall–Kier alpha value is -2.68. The van der Waals surface area contributed by atoms with Crippen LogP contribution < -0.4 is 10.3 Å². The first-order chi connectivity index (χ1) is 13.3. The lowest BCUT2D eigenvalue weighted by atomic mass is 10.1. The second-order valence-corrected chi connectivity index (χ2v) is 6.95. The highest BCUT2D eigenvalue weighted by Gasteiger charge is 2.37. The minimum absolute atomic E-state index is 0.0334. The summed E-state index contributed by atoms with van der Waals surface area (Å²) >= 11 is 5.28. The summed E-state index contributed by atoms with van der Waals surface area (Å²) in [6.45, 7) is 2.16. The summed E-state index contributed by atoms with van der Waals surface area (Å²) in [5.74, 6) is 0.399. The standard InChI is InChI=1S/C19H16F3N3O2S/c1-2-27-14-6-4-3-5-13(14)25-16-15(17(26)24-18(25)28)11(19(20,21)22)9-12(23-16)10-7-8-10/h3-6,9-10H,2,7-8H2,1H3,(H,24,26,28). The maximum absolute atomic E-state index is 13.8. The van der Waals surface area contributed by atoms with Gasteiger partial charge in [-0.05, 0) is 50.2 Å². The number of hydrogen-bond donors (Lipinski definition) is 1. The van der Waals surface area contributed by atoms with E-state index in [9.17, 15) is 18.0 Å². The van der Waals surface area contributed by atoms with Crippen molar-refractivity contribution in [1.82, 2.24) is 14.5 Å². The van der Waals surface area contributed by atoms with Crippen molar-refractivity contribution in [3.63, 3.8) is 0 Å². The van der Waals surface area contributed by atoms with Gasteiger partial charge in [-0.3, -0.25) is 14.3 Å². The van der Waals surface area contributed by atoms with Gasteiger partial charge in [0.25, 0.3) is 5.56 Å². The summed E-state index contributed by atoms with van der Waals surface area (Å²) in [7, 11) is 0. The topological polar surface area (TPSA) is 59.9 Å². The molecule has 0 amide bonds. The highest BCUT2D eigenvalue weighted by Crippen LogP contribution is 2.42. The van der Waals surface area contributed by atoms with Gasteiger partial charge in [0.2, 0.25) is 0 Å². The molecule has 1 aliphatic rings. The molecule has 0 unspecified atom stereocenters. The Morgan fingerprint density at radius 1 is 1.32 bits per heavy atom. The van der Waals surface area contributed by atoms with Crippen molar-refractivity contribution in [2.75, 3.05) is 6.61 Å². The molecule has 0 aliphatic heterocycles. The number of benzene rings is 1. The largest absolute Gasteiger partial charge is 0.492 e. The third-order valence-corrected chi connectivity index (χ3v) is 4.87. The van der Waals surface area contributed by atoms with E-state index in [1.807, 2.05) is 0 Å². The molecule has 0 bridgehead atoms. The predicted octanol–water partition coefficient (Wildman–Crippen LogP) is 4.74. The Morgan fingerprint density at radius 2 is 2.04 bits per heavy atom. The van der Waals surface area contributed by atoms with Gasteiger partial charge in [-0.1, -0.05) is 12.1 Å². The van der Waals surface area contributed by atoms with Crippen molar-refractivity contribution in [2.45, 2.75) is 31.9 Å². The third-order valence-electron chi connectivity index (χ3n) is 4.59. The smallest absolute Gasteiger partial charge is 0.417 e. The molecule has 1 N–H and O–H groups in total. The molecule has 0 spiro atoms. The first-order valence-electron chi connectivity index (χ1n) is 8.80. The molecule has 0 radical (unpaired) electrons. The van der Waals surface area contributed by atoms with Crippen LogP contribution in [0.2, 0.25) is 0 Å². The molecule has 1 aliphatic carbocycles. The van der Waals surface area contributed by atoms with Gasteiger partial charge in [0.15, 0.2) is 10.4 Å². The summed E-state index contributed by atoms with van der Waals surface area (Å²) < 4.78 is 48.2. The number of fused-ring (bicyclic) bond motifs is 1. The van der Waals surface area contributed by atoms with E-state index in [1.165, 1.54) is 4.57 Å². The van der Waals surface area contributed by atoms with E-state index in [-0.39, 0.29) is 16.3 Å². The zero-order valence-corrected chi connectivity index (χ0v) is 15.7. The maximum Gasteiger partial charge on any atom is 0.417 e. The summed E-state index contributed by atoms with van der Waals surface area (Å²) in [5.41, 5.74) is -1.28. The van der Waals surface area contributed by atoms with E-state index in [4.69, 9.17) is 17.0 Å². The molecule has 28 heavy (non-hydrogen) atoms. The van der Waals surface area contributed by atoms with Crippen molar-refractivity contribution >= 4 is 23.3 Å². The number of nitrogens with zero attached hydrogens (tertiary/aromatic N) is 2. The van der Waals surface area contributed by atoms with Crippen LogP contribution in [-0.2, 0) is 6.18 Å². The molecule has 5 nitrogen and oxygen atoms in total. The number of ether oxygens (including phenoxy) is 1. The number of rotatable bonds is 4. The molecular formula is C19H16F3N3O2S. The van der Waals surface area contributed by atoms with Gasteiger partial charge in [0.1, 0.15) is 5.75 Å². The fourth-order valence-electron chi connectivity index (χ4n) is 3.20. The number of pyridine rings is 1. The molecule has 1 fully saturated rings. The first kappa shape index (κ1) is 18.7. The highest BCUT2D eigenvalue weighted by molar-refractivity contribution is 7.71. The van der Waals surface area contributed by atoms with Crippen LogP contribution in [0.1, 0.15) is 36.9 Å². The summed E-state index contributed by atoms with van der Waals surface area (Å²) in [6.07, 6.45) is -3.15.